The summed E-state index contributed by atoms with van der Waals surface area (Å²) in [5.74, 6) is -0.458. The van der Waals surface area contributed by atoms with Crippen molar-refractivity contribution >= 4 is 11.6 Å². The lowest BCUT2D eigenvalue weighted by atomic mass is 9.88. The third kappa shape index (κ3) is 3.69. The molecule has 0 aromatic rings. The highest BCUT2D eigenvalue weighted by Gasteiger charge is 2.22. The summed E-state index contributed by atoms with van der Waals surface area (Å²) >= 11 is 0. The van der Waals surface area contributed by atoms with Gasteiger partial charge in [0.2, 0.25) is 0 Å². The molecule has 0 aliphatic rings. The van der Waals surface area contributed by atoms with E-state index in [-0.39, 0.29) is 23.4 Å². The highest BCUT2D eigenvalue weighted by atomic mass is 16.1. The molecule has 0 radical (unpaired) electrons. The normalized spacial score (nSPS) is 16.0. The van der Waals surface area contributed by atoms with Gasteiger partial charge in [-0.1, -0.05) is 26.0 Å². The van der Waals surface area contributed by atoms with E-state index in [1.54, 1.807) is 39.8 Å². The summed E-state index contributed by atoms with van der Waals surface area (Å²) in [7, 11) is 0. The van der Waals surface area contributed by atoms with Crippen molar-refractivity contribution in [3.8, 4) is 0 Å². The topological polar surface area (TPSA) is 34.1 Å². The molecule has 0 amide bonds. The molecule has 0 bridgehead atoms. The van der Waals surface area contributed by atoms with Crippen LogP contribution in [-0.2, 0) is 9.59 Å². The van der Waals surface area contributed by atoms with Crippen LogP contribution in [0.2, 0.25) is 0 Å². The quantitative estimate of drug-likeness (QED) is 0.630. The molecule has 0 spiro atoms. The van der Waals surface area contributed by atoms with Gasteiger partial charge in [0.1, 0.15) is 0 Å². The summed E-state index contributed by atoms with van der Waals surface area (Å²) in [5, 5.41) is 0. The molecule has 0 saturated carbocycles. The van der Waals surface area contributed by atoms with Gasteiger partial charge in [-0.05, 0) is 26.0 Å². The number of allylic oxidation sites excluding steroid dienone is 4. The zero-order valence-corrected chi connectivity index (χ0v) is 9.28. The third-order valence-electron chi connectivity index (χ3n) is 2.31. The number of carbonyl (C=O) groups excluding carboxylic acids is 2. The minimum atomic E-state index is -0.241. The molecular weight excluding hydrogens is 176 g/mol. The second kappa shape index (κ2) is 6.30. The Morgan fingerprint density at radius 2 is 1.14 bits per heavy atom. The van der Waals surface area contributed by atoms with Gasteiger partial charge in [-0.2, -0.15) is 0 Å². The van der Waals surface area contributed by atoms with Crippen LogP contribution in [0.5, 0.6) is 0 Å². The van der Waals surface area contributed by atoms with Gasteiger partial charge in [0.15, 0.2) is 11.6 Å². The Balaban J connectivity index is 4.45. The van der Waals surface area contributed by atoms with Crippen LogP contribution in [-0.4, -0.2) is 11.6 Å². The van der Waals surface area contributed by atoms with Gasteiger partial charge in [-0.3, -0.25) is 9.59 Å². The number of ketones is 2. The smallest absolute Gasteiger partial charge is 0.158 e. The van der Waals surface area contributed by atoms with Gasteiger partial charge in [-0.25, -0.2) is 0 Å². The van der Waals surface area contributed by atoms with Crippen molar-refractivity contribution in [2.75, 3.05) is 0 Å². The second-order valence-electron chi connectivity index (χ2n) is 3.38. The number of hydrogen-bond donors (Lipinski definition) is 0. The molecule has 0 aliphatic carbocycles. The molecule has 78 valence electrons. The Kier molecular flexibility index (Phi) is 5.77. The van der Waals surface area contributed by atoms with Crippen molar-refractivity contribution in [2.24, 2.45) is 11.8 Å². The van der Waals surface area contributed by atoms with E-state index in [4.69, 9.17) is 0 Å². The van der Waals surface area contributed by atoms with E-state index in [2.05, 4.69) is 0 Å². The van der Waals surface area contributed by atoms with Crippen LogP contribution in [0.3, 0.4) is 0 Å². The monoisotopic (exact) mass is 194 g/mol. The van der Waals surface area contributed by atoms with Crippen LogP contribution in [0.1, 0.15) is 27.7 Å². The fourth-order valence-corrected chi connectivity index (χ4v) is 1.12. The lowest BCUT2D eigenvalue weighted by molar-refractivity contribution is -0.126. The van der Waals surface area contributed by atoms with E-state index < -0.39 is 0 Å². The summed E-state index contributed by atoms with van der Waals surface area (Å²) < 4.78 is 0. The van der Waals surface area contributed by atoms with Crippen molar-refractivity contribution in [1.82, 2.24) is 0 Å². The molecule has 1 unspecified atom stereocenters. The van der Waals surface area contributed by atoms with Crippen molar-refractivity contribution in [3.63, 3.8) is 0 Å². The SMILES string of the molecule is C/C=C/C(=O)C(C)[C@H](C)C(=O)/C=C/C. The average Bonchev–Trinajstić information content (AvgIpc) is 2.16. The van der Waals surface area contributed by atoms with Crippen molar-refractivity contribution < 1.29 is 9.59 Å². The van der Waals surface area contributed by atoms with Crippen LogP contribution < -0.4 is 0 Å². The van der Waals surface area contributed by atoms with Gasteiger partial charge in [0, 0.05) is 11.8 Å². The van der Waals surface area contributed by atoms with E-state index in [0.29, 0.717) is 0 Å². The highest BCUT2D eigenvalue weighted by molar-refractivity contribution is 5.98. The minimum absolute atomic E-state index is 0.0119. The molecule has 2 atom stereocenters. The largest absolute Gasteiger partial charge is 0.295 e. The lowest BCUT2D eigenvalue weighted by Crippen LogP contribution is -2.23. The van der Waals surface area contributed by atoms with Crippen LogP contribution in [0.15, 0.2) is 24.3 Å². The molecule has 0 saturated heterocycles. The summed E-state index contributed by atoms with van der Waals surface area (Å²) in [6, 6.07) is 0. The van der Waals surface area contributed by atoms with Crippen molar-refractivity contribution in [1.29, 1.82) is 0 Å². The van der Waals surface area contributed by atoms with Gasteiger partial charge in [0.05, 0.1) is 0 Å². The van der Waals surface area contributed by atoms with E-state index in [1.807, 2.05) is 0 Å². The Morgan fingerprint density at radius 3 is 1.36 bits per heavy atom. The highest BCUT2D eigenvalue weighted by Crippen LogP contribution is 2.14. The Morgan fingerprint density at radius 1 is 0.857 bits per heavy atom. The van der Waals surface area contributed by atoms with Gasteiger partial charge in [0.25, 0.3) is 0 Å². The van der Waals surface area contributed by atoms with Crippen molar-refractivity contribution in [3.05, 3.63) is 24.3 Å². The third-order valence-corrected chi connectivity index (χ3v) is 2.31. The standard InChI is InChI=1S/C12H18O2/c1-5-7-11(13)9(3)10(4)12(14)8-6-2/h5-10H,1-4H3/b7-5+,8-6+/t9-,10?/m0/s1. The fraction of sp³-hybridized carbons (Fsp3) is 0.500. The zero-order chi connectivity index (χ0) is 11.1. The van der Waals surface area contributed by atoms with E-state index in [0.717, 1.165) is 0 Å². The van der Waals surface area contributed by atoms with Gasteiger partial charge >= 0.3 is 0 Å². The first-order valence-corrected chi connectivity index (χ1v) is 4.87. The molecule has 0 fully saturated rings. The lowest BCUT2D eigenvalue weighted by Gasteiger charge is -2.13. The Bertz CT molecular complexity index is 233. The van der Waals surface area contributed by atoms with E-state index >= 15 is 0 Å². The minimum Gasteiger partial charge on any atom is -0.295 e. The van der Waals surface area contributed by atoms with Crippen LogP contribution in [0.4, 0.5) is 0 Å². The van der Waals surface area contributed by atoms with Crippen LogP contribution in [0.25, 0.3) is 0 Å². The number of rotatable bonds is 5. The molecule has 14 heavy (non-hydrogen) atoms. The summed E-state index contributed by atoms with van der Waals surface area (Å²) in [6.07, 6.45) is 6.44. The second-order valence-corrected chi connectivity index (χ2v) is 3.38. The summed E-state index contributed by atoms with van der Waals surface area (Å²) in [6.45, 7) is 7.16. The molecule has 0 aliphatic heterocycles. The number of hydrogen-bond acceptors (Lipinski definition) is 2. The maximum Gasteiger partial charge on any atom is 0.158 e. The average molecular weight is 194 g/mol. The van der Waals surface area contributed by atoms with Crippen LogP contribution >= 0.6 is 0 Å². The molecule has 2 heteroatoms. The summed E-state index contributed by atoms with van der Waals surface area (Å²) in [5.41, 5.74) is 0. The molecule has 0 N–H and O–H groups in total. The Labute approximate surface area is 85.7 Å². The number of carbonyl (C=O) groups is 2. The van der Waals surface area contributed by atoms with E-state index in [1.165, 1.54) is 12.2 Å². The van der Waals surface area contributed by atoms with E-state index in [9.17, 15) is 9.59 Å². The summed E-state index contributed by atoms with van der Waals surface area (Å²) in [4.78, 5) is 22.9. The molecule has 2 nitrogen and oxygen atoms in total. The molecule has 0 aromatic heterocycles. The van der Waals surface area contributed by atoms with Crippen LogP contribution in [0, 0.1) is 11.8 Å². The fourth-order valence-electron chi connectivity index (χ4n) is 1.12. The molecule has 0 aromatic carbocycles. The Hall–Kier alpha value is -1.18. The van der Waals surface area contributed by atoms with Gasteiger partial charge < -0.3 is 0 Å². The molecular formula is C12H18O2. The first-order valence-electron chi connectivity index (χ1n) is 4.87. The predicted molar refractivity (Wildman–Crippen MR) is 58.0 cm³/mol. The molecule has 0 heterocycles. The van der Waals surface area contributed by atoms with Gasteiger partial charge in [-0.15, -0.1) is 0 Å². The predicted octanol–water partition coefficient (Wildman–Crippen LogP) is 2.55. The van der Waals surface area contributed by atoms with Crippen molar-refractivity contribution in [2.45, 2.75) is 27.7 Å². The maximum absolute atomic E-state index is 11.4. The maximum atomic E-state index is 11.4. The molecule has 0 rings (SSSR count). The zero-order valence-electron chi connectivity index (χ0n) is 9.28. The first-order chi connectivity index (χ1) is 6.54. The first kappa shape index (κ1) is 12.8.